The average Bonchev–Trinajstić information content (AvgIpc) is 2.34. The molecule has 1 rings (SSSR count). The van der Waals surface area contributed by atoms with Crippen LogP contribution in [-0.4, -0.2) is 27.0 Å². The second-order valence-corrected chi connectivity index (χ2v) is 6.25. The lowest BCUT2D eigenvalue weighted by Gasteiger charge is -2.22. The minimum atomic E-state index is -0.799. The molecule has 5 nitrogen and oxygen atoms in total. The molecule has 0 bridgehead atoms. The Morgan fingerprint density at radius 2 is 2.21 bits per heavy atom. The summed E-state index contributed by atoms with van der Waals surface area (Å²) in [7, 11) is 0. The van der Waals surface area contributed by atoms with Gasteiger partial charge in [-0.2, -0.15) is 5.10 Å². The summed E-state index contributed by atoms with van der Waals surface area (Å²) in [5.41, 5.74) is -0.347. The highest BCUT2D eigenvalue weighted by Gasteiger charge is 2.18. The largest absolute Gasteiger partial charge is 0.388 e. The molecule has 1 heterocycles. The van der Waals surface area contributed by atoms with Crippen LogP contribution >= 0.6 is 15.9 Å². The zero-order chi connectivity index (χ0) is 14.6. The van der Waals surface area contributed by atoms with Gasteiger partial charge in [-0.05, 0) is 35.2 Å². The van der Waals surface area contributed by atoms with Gasteiger partial charge in [0.15, 0.2) is 0 Å². The van der Waals surface area contributed by atoms with Crippen LogP contribution in [0.1, 0.15) is 34.1 Å². The Morgan fingerprint density at radius 3 is 2.74 bits per heavy atom. The molecule has 0 saturated carbocycles. The normalized spacial score (nSPS) is 14.5. The highest BCUT2D eigenvalue weighted by Crippen LogP contribution is 2.18. The summed E-state index contributed by atoms with van der Waals surface area (Å²) in [4.78, 5) is 12.1. The number of aromatic nitrogens is 2. The molecule has 1 aromatic rings. The van der Waals surface area contributed by atoms with Gasteiger partial charge in [0.2, 0.25) is 0 Å². The molecule has 1 atom stereocenters. The van der Waals surface area contributed by atoms with Crippen LogP contribution in [0, 0.1) is 5.92 Å². The van der Waals surface area contributed by atoms with E-state index in [0.29, 0.717) is 35.6 Å². The van der Waals surface area contributed by atoms with Crippen molar-refractivity contribution in [3.05, 3.63) is 21.0 Å². The third kappa shape index (κ3) is 4.62. The molecule has 0 aliphatic carbocycles. The zero-order valence-corrected chi connectivity index (χ0v) is 13.5. The van der Waals surface area contributed by atoms with E-state index in [1.807, 2.05) is 20.8 Å². The number of rotatable bonds is 6. The molecule has 108 valence electrons. The number of halogens is 1. The summed E-state index contributed by atoms with van der Waals surface area (Å²) in [6.45, 7) is 8.69. The molecule has 0 aromatic carbocycles. The first-order chi connectivity index (χ1) is 8.76. The SMILES string of the molecule is CCC(C)(O)CNc1cnn(CC(C)C)c(=O)c1Br. The van der Waals surface area contributed by atoms with Crippen LogP contribution in [-0.2, 0) is 6.54 Å². The predicted octanol–water partition coefficient (Wildman–Crippen LogP) is 2.23. The van der Waals surface area contributed by atoms with Gasteiger partial charge in [-0.3, -0.25) is 4.79 Å². The van der Waals surface area contributed by atoms with Crippen LogP contribution in [0.2, 0.25) is 0 Å². The molecule has 1 unspecified atom stereocenters. The van der Waals surface area contributed by atoms with Crippen LogP contribution in [0.5, 0.6) is 0 Å². The van der Waals surface area contributed by atoms with Crippen molar-refractivity contribution >= 4 is 21.6 Å². The summed E-state index contributed by atoms with van der Waals surface area (Å²) < 4.78 is 1.90. The summed E-state index contributed by atoms with van der Waals surface area (Å²) in [6, 6.07) is 0. The fourth-order valence-electron chi connectivity index (χ4n) is 1.47. The molecule has 0 radical (unpaired) electrons. The smallest absolute Gasteiger partial charge is 0.283 e. The molecule has 19 heavy (non-hydrogen) atoms. The van der Waals surface area contributed by atoms with Crippen LogP contribution in [0.4, 0.5) is 5.69 Å². The first-order valence-electron chi connectivity index (χ1n) is 6.48. The number of anilines is 1. The summed E-state index contributed by atoms with van der Waals surface area (Å²) >= 11 is 3.29. The quantitative estimate of drug-likeness (QED) is 0.838. The van der Waals surface area contributed by atoms with Crippen LogP contribution in [0.3, 0.4) is 0 Å². The number of hydrogen-bond donors (Lipinski definition) is 2. The molecule has 0 fully saturated rings. The number of nitrogens with one attached hydrogen (secondary N) is 1. The van der Waals surface area contributed by atoms with Crippen LogP contribution in [0.25, 0.3) is 0 Å². The fraction of sp³-hybridized carbons (Fsp3) is 0.692. The van der Waals surface area contributed by atoms with Crippen molar-refractivity contribution in [2.75, 3.05) is 11.9 Å². The Morgan fingerprint density at radius 1 is 1.58 bits per heavy atom. The van der Waals surface area contributed by atoms with E-state index in [1.54, 1.807) is 13.1 Å². The molecule has 6 heteroatoms. The van der Waals surface area contributed by atoms with Crippen molar-refractivity contribution in [3.8, 4) is 0 Å². The molecule has 0 spiro atoms. The van der Waals surface area contributed by atoms with E-state index in [4.69, 9.17) is 0 Å². The highest BCUT2D eigenvalue weighted by atomic mass is 79.9. The molecule has 2 N–H and O–H groups in total. The molecule has 0 saturated heterocycles. The van der Waals surface area contributed by atoms with Crippen LogP contribution in [0.15, 0.2) is 15.5 Å². The Kier molecular flexibility index (Phi) is 5.55. The van der Waals surface area contributed by atoms with Crippen molar-refractivity contribution < 1.29 is 5.11 Å². The maximum Gasteiger partial charge on any atom is 0.283 e. The molecular weight excluding hydrogens is 310 g/mol. The lowest BCUT2D eigenvalue weighted by molar-refractivity contribution is 0.0697. The summed E-state index contributed by atoms with van der Waals surface area (Å²) in [6.07, 6.45) is 2.25. The fourth-order valence-corrected chi connectivity index (χ4v) is 1.92. The maximum atomic E-state index is 12.1. The Balaban J connectivity index is 2.88. The van der Waals surface area contributed by atoms with Gasteiger partial charge in [-0.1, -0.05) is 20.8 Å². The van der Waals surface area contributed by atoms with Gasteiger partial charge in [-0.15, -0.1) is 0 Å². The van der Waals surface area contributed by atoms with Gasteiger partial charge in [-0.25, -0.2) is 4.68 Å². The maximum absolute atomic E-state index is 12.1. The topological polar surface area (TPSA) is 67.2 Å². The lowest BCUT2D eigenvalue weighted by Crippen LogP contribution is -2.33. The first-order valence-corrected chi connectivity index (χ1v) is 7.28. The number of hydrogen-bond acceptors (Lipinski definition) is 4. The summed E-state index contributed by atoms with van der Waals surface area (Å²) in [5, 5.41) is 17.1. The zero-order valence-electron chi connectivity index (χ0n) is 11.9. The van der Waals surface area contributed by atoms with E-state index < -0.39 is 5.60 Å². The van der Waals surface area contributed by atoms with Crippen molar-refractivity contribution in [1.82, 2.24) is 9.78 Å². The van der Waals surface area contributed by atoms with Gasteiger partial charge in [0.1, 0.15) is 4.47 Å². The van der Waals surface area contributed by atoms with Gasteiger partial charge in [0, 0.05) is 13.1 Å². The van der Waals surface area contributed by atoms with Gasteiger partial charge >= 0.3 is 0 Å². The van der Waals surface area contributed by atoms with Gasteiger partial charge in [0.25, 0.3) is 5.56 Å². The number of aliphatic hydroxyl groups is 1. The Bertz CT molecular complexity index is 483. The Hall–Kier alpha value is -0.880. The standard InChI is InChI=1S/C13H22BrN3O2/c1-5-13(4,19)8-15-10-6-16-17(7-9(2)3)12(18)11(10)14/h6,9,15,19H,5,7-8H2,1-4H3. The van der Waals surface area contributed by atoms with E-state index >= 15 is 0 Å². The lowest BCUT2D eigenvalue weighted by atomic mass is 10.0. The number of nitrogens with zero attached hydrogens (tertiary/aromatic N) is 2. The highest BCUT2D eigenvalue weighted by molar-refractivity contribution is 9.10. The van der Waals surface area contributed by atoms with Crippen molar-refractivity contribution in [2.24, 2.45) is 5.92 Å². The van der Waals surface area contributed by atoms with E-state index in [2.05, 4.69) is 26.3 Å². The molecule has 0 amide bonds. The van der Waals surface area contributed by atoms with E-state index in [9.17, 15) is 9.90 Å². The third-order valence-corrected chi connectivity index (χ3v) is 3.71. The van der Waals surface area contributed by atoms with Crippen molar-refractivity contribution in [1.29, 1.82) is 0 Å². The van der Waals surface area contributed by atoms with E-state index in [0.717, 1.165) is 0 Å². The van der Waals surface area contributed by atoms with Crippen LogP contribution < -0.4 is 10.9 Å². The second-order valence-electron chi connectivity index (χ2n) is 5.46. The molecule has 1 aromatic heterocycles. The average molecular weight is 332 g/mol. The monoisotopic (exact) mass is 331 g/mol. The third-order valence-electron chi connectivity index (χ3n) is 2.94. The Labute approximate surface area is 122 Å². The summed E-state index contributed by atoms with van der Waals surface area (Å²) in [5.74, 6) is 0.358. The molecule has 0 aliphatic heterocycles. The minimum Gasteiger partial charge on any atom is -0.388 e. The predicted molar refractivity (Wildman–Crippen MR) is 80.4 cm³/mol. The first kappa shape index (κ1) is 16.2. The van der Waals surface area contributed by atoms with E-state index in [-0.39, 0.29) is 5.56 Å². The van der Waals surface area contributed by atoms with E-state index in [1.165, 1.54) is 4.68 Å². The minimum absolute atomic E-state index is 0.158. The molecule has 0 aliphatic rings. The van der Waals surface area contributed by atoms with Crippen molar-refractivity contribution in [3.63, 3.8) is 0 Å². The van der Waals surface area contributed by atoms with Gasteiger partial charge < -0.3 is 10.4 Å². The van der Waals surface area contributed by atoms with Gasteiger partial charge in [0.05, 0.1) is 17.5 Å². The second kappa shape index (κ2) is 6.52. The van der Waals surface area contributed by atoms with Crippen molar-refractivity contribution in [2.45, 2.75) is 46.3 Å². The molecular formula is C13H22BrN3O2.